The molecule has 0 bridgehead atoms. The number of thioether (sulfide) groups is 1. The van der Waals surface area contributed by atoms with Crippen molar-refractivity contribution < 1.29 is 24.5 Å². The number of aromatic carboxylic acids is 1. The molecule has 2 N–H and O–H groups in total. The molecule has 0 radical (unpaired) electrons. The van der Waals surface area contributed by atoms with Gasteiger partial charge in [0.15, 0.2) is 11.5 Å². The standard InChI is InChI=1S/C22H26N2O5S/c1-23(2)11-14-17(25)8-7-15-20(14)21(22(26)27)16(24(15)3)12-30-13-6-9-18(28-4)19(10-13)29-5/h6-10,25H,11-12H2,1-5H3,(H,26,27). The molecule has 0 saturated heterocycles. The number of fused-ring (bicyclic) bond motifs is 1. The van der Waals surface area contributed by atoms with Crippen LogP contribution in [-0.2, 0) is 19.3 Å². The van der Waals surface area contributed by atoms with E-state index in [4.69, 9.17) is 9.47 Å². The highest BCUT2D eigenvalue weighted by Gasteiger charge is 2.25. The molecule has 0 atom stereocenters. The van der Waals surface area contributed by atoms with Crippen molar-refractivity contribution >= 4 is 28.6 Å². The van der Waals surface area contributed by atoms with Crippen LogP contribution in [0.15, 0.2) is 35.2 Å². The third-order valence-electron chi connectivity index (χ3n) is 4.99. The van der Waals surface area contributed by atoms with Crippen molar-refractivity contribution in [3.8, 4) is 17.2 Å². The number of aryl methyl sites for hydroxylation is 1. The first-order valence-electron chi connectivity index (χ1n) is 9.33. The number of carboxylic acid groups (broad SMARTS) is 1. The Balaban J connectivity index is 2.07. The average molecular weight is 431 g/mol. The second-order valence-electron chi connectivity index (χ2n) is 7.19. The number of phenolic OH excluding ortho intramolecular Hbond substituents is 1. The van der Waals surface area contributed by atoms with E-state index in [9.17, 15) is 15.0 Å². The van der Waals surface area contributed by atoms with Gasteiger partial charge < -0.3 is 29.2 Å². The summed E-state index contributed by atoms with van der Waals surface area (Å²) >= 11 is 1.51. The van der Waals surface area contributed by atoms with Gasteiger partial charge in [0.25, 0.3) is 0 Å². The van der Waals surface area contributed by atoms with E-state index in [0.29, 0.717) is 40.4 Å². The normalized spacial score (nSPS) is 11.3. The van der Waals surface area contributed by atoms with Gasteiger partial charge >= 0.3 is 5.97 Å². The number of benzene rings is 2. The van der Waals surface area contributed by atoms with E-state index in [1.807, 2.05) is 48.8 Å². The first-order valence-corrected chi connectivity index (χ1v) is 10.3. The minimum atomic E-state index is -1.01. The second kappa shape index (κ2) is 8.89. The van der Waals surface area contributed by atoms with Crippen molar-refractivity contribution in [2.75, 3.05) is 28.3 Å². The van der Waals surface area contributed by atoms with Gasteiger partial charge in [-0.05, 0) is 44.4 Å². The Morgan fingerprint density at radius 3 is 2.43 bits per heavy atom. The molecule has 1 aromatic heterocycles. The molecule has 0 spiro atoms. The predicted molar refractivity (Wildman–Crippen MR) is 118 cm³/mol. The Morgan fingerprint density at radius 1 is 1.13 bits per heavy atom. The van der Waals surface area contributed by atoms with E-state index in [1.165, 1.54) is 11.8 Å². The van der Waals surface area contributed by atoms with Crippen molar-refractivity contribution in [2.45, 2.75) is 17.2 Å². The van der Waals surface area contributed by atoms with Gasteiger partial charge in [-0.3, -0.25) is 0 Å². The third-order valence-corrected chi connectivity index (χ3v) is 5.99. The number of aromatic nitrogens is 1. The molecule has 0 saturated carbocycles. The van der Waals surface area contributed by atoms with Gasteiger partial charge in [0, 0.05) is 46.4 Å². The molecule has 2 aromatic carbocycles. The Labute approximate surface area is 179 Å². The maximum Gasteiger partial charge on any atom is 0.338 e. The molecular weight excluding hydrogens is 404 g/mol. The highest BCUT2D eigenvalue weighted by molar-refractivity contribution is 7.98. The van der Waals surface area contributed by atoms with Crippen LogP contribution in [0.5, 0.6) is 17.2 Å². The summed E-state index contributed by atoms with van der Waals surface area (Å²) in [7, 11) is 8.79. The highest BCUT2D eigenvalue weighted by atomic mass is 32.2. The maximum absolute atomic E-state index is 12.2. The summed E-state index contributed by atoms with van der Waals surface area (Å²) in [5.41, 5.74) is 2.31. The molecule has 0 unspecified atom stereocenters. The molecule has 8 heteroatoms. The second-order valence-corrected chi connectivity index (χ2v) is 8.24. The summed E-state index contributed by atoms with van der Waals surface area (Å²) in [5, 5.41) is 21.0. The summed E-state index contributed by atoms with van der Waals surface area (Å²) in [5.74, 6) is 0.806. The summed E-state index contributed by atoms with van der Waals surface area (Å²) in [6, 6.07) is 9.00. The number of rotatable bonds is 8. The van der Waals surface area contributed by atoms with Crippen molar-refractivity contribution in [3.63, 3.8) is 0 Å². The summed E-state index contributed by atoms with van der Waals surface area (Å²) < 4.78 is 12.5. The summed E-state index contributed by atoms with van der Waals surface area (Å²) in [6.45, 7) is 0.440. The van der Waals surface area contributed by atoms with Gasteiger partial charge in [0.1, 0.15) is 5.75 Å². The molecular formula is C22H26N2O5S. The SMILES string of the molecule is COc1ccc(SCc2c(C(=O)O)c3c(CN(C)C)c(O)ccc3n2C)cc1OC. The number of carboxylic acids is 1. The van der Waals surface area contributed by atoms with Crippen LogP contribution in [0.1, 0.15) is 21.6 Å². The largest absolute Gasteiger partial charge is 0.508 e. The van der Waals surface area contributed by atoms with E-state index < -0.39 is 5.97 Å². The van der Waals surface area contributed by atoms with Crippen LogP contribution in [0.2, 0.25) is 0 Å². The van der Waals surface area contributed by atoms with E-state index in [1.54, 1.807) is 26.4 Å². The van der Waals surface area contributed by atoms with Gasteiger partial charge in [-0.2, -0.15) is 0 Å². The lowest BCUT2D eigenvalue weighted by atomic mass is 10.0. The summed E-state index contributed by atoms with van der Waals surface area (Å²) in [4.78, 5) is 15.1. The molecule has 7 nitrogen and oxygen atoms in total. The van der Waals surface area contributed by atoms with E-state index in [2.05, 4.69) is 0 Å². The van der Waals surface area contributed by atoms with Crippen LogP contribution >= 0.6 is 11.8 Å². The van der Waals surface area contributed by atoms with E-state index >= 15 is 0 Å². The van der Waals surface area contributed by atoms with Gasteiger partial charge in [0.05, 0.1) is 19.8 Å². The number of nitrogens with zero attached hydrogens (tertiary/aromatic N) is 2. The van der Waals surface area contributed by atoms with Crippen LogP contribution in [0.4, 0.5) is 0 Å². The first-order chi connectivity index (χ1) is 14.3. The first kappa shape index (κ1) is 21.9. The van der Waals surface area contributed by atoms with Crippen LogP contribution in [0.3, 0.4) is 0 Å². The Kier molecular flexibility index (Phi) is 6.48. The molecule has 160 valence electrons. The fraction of sp³-hybridized carbons (Fsp3) is 0.318. The minimum absolute atomic E-state index is 0.100. The van der Waals surface area contributed by atoms with Crippen LogP contribution in [0.25, 0.3) is 10.9 Å². The van der Waals surface area contributed by atoms with Crippen molar-refractivity contribution in [2.24, 2.45) is 7.05 Å². The smallest absolute Gasteiger partial charge is 0.338 e. The number of hydrogen-bond donors (Lipinski definition) is 2. The fourth-order valence-corrected chi connectivity index (χ4v) is 4.57. The van der Waals surface area contributed by atoms with Crippen molar-refractivity contribution in [1.82, 2.24) is 9.47 Å². The Bertz CT molecular complexity index is 1090. The minimum Gasteiger partial charge on any atom is -0.508 e. The number of methoxy groups -OCH3 is 2. The van der Waals surface area contributed by atoms with Gasteiger partial charge in [0.2, 0.25) is 0 Å². The summed E-state index contributed by atoms with van der Waals surface area (Å²) in [6.07, 6.45) is 0. The molecule has 0 amide bonds. The molecule has 3 aromatic rings. The zero-order valence-electron chi connectivity index (χ0n) is 17.7. The average Bonchev–Trinajstić information content (AvgIpc) is 3.00. The van der Waals surface area contributed by atoms with Gasteiger partial charge in [-0.1, -0.05) is 0 Å². The molecule has 0 aliphatic carbocycles. The van der Waals surface area contributed by atoms with Crippen LogP contribution < -0.4 is 9.47 Å². The third kappa shape index (κ3) is 4.06. The number of hydrogen-bond acceptors (Lipinski definition) is 6. The lowest BCUT2D eigenvalue weighted by Crippen LogP contribution is -2.12. The molecule has 3 rings (SSSR count). The number of phenols is 1. The zero-order valence-corrected chi connectivity index (χ0v) is 18.5. The zero-order chi connectivity index (χ0) is 22.0. The van der Waals surface area contributed by atoms with Crippen molar-refractivity contribution in [1.29, 1.82) is 0 Å². The quantitative estimate of drug-likeness (QED) is 0.524. The van der Waals surface area contributed by atoms with E-state index in [0.717, 1.165) is 10.4 Å². The van der Waals surface area contributed by atoms with Crippen molar-refractivity contribution in [3.05, 3.63) is 47.2 Å². The lowest BCUT2D eigenvalue weighted by molar-refractivity contribution is 0.0697. The van der Waals surface area contributed by atoms with Gasteiger partial charge in [-0.25, -0.2) is 4.79 Å². The molecule has 0 aliphatic heterocycles. The molecule has 30 heavy (non-hydrogen) atoms. The Morgan fingerprint density at radius 2 is 1.83 bits per heavy atom. The molecule has 0 aliphatic rings. The van der Waals surface area contributed by atoms with Crippen LogP contribution in [-0.4, -0.2) is 54.0 Å². The van der Waals surface area contributed by atoms with E-state index in [-0.39, 0.29) is 11.3 Å². The fourth-order valence-electron chi connectivity index (χ4n) is 3.57. The maximum atomic E-state index is 12.2. The number of aromatic hydroxyl groups is 1. The number of carbonyl (C=O) groups is 1. The molecule has 1 heterocycles. The molecule has 0 fully saturated rings. The highest BCUT2D eigenvalue weighted by Crippen LogP contribution is 2.38. The predicted octanol–water partition coefficient (Wildman–Crippen LogP) is 3.95. The lowest BCUT2D eigenvalue weighted by Gasteiger charge is -2.13. The Hall–Kier alpha value is -2.84. The topological polar surface area (TPSA) is 84.2 Å². The monoisotopic (exact) mass is 430 g/mol. The van der Waals surface area contributed by atoms with Crippen LogP contribution in [0, 0.1) is 0 Å². The van der Waals surface area contributed by atoms with Gasteiger partial charge in [-0.15, -0.1) is 11.8 Å². The number of ether oxygens (including phenoxy) is 2.